The van der Waals surface area contributed by atoms with Gasteiger partial charge < -0.3 is 15.0 Å². The van der Waals surface area contributed by atoms with E-state index in [0.29, 0.717) is 24.1 Å². The number of aromatic nitrogens is 2. The van der Waals surface area contributed by atoms with Crippen LogP contribution in [0.2, 0.25) is 0 Å². The number of benzene rings is 1. The van der Waals surface area contributed by atoms with Crippen LogP contribution < -0.4 is 5.73 Å². The minimum absolute atomic E-state index is 0.0380. The van der Waals surface area contributed by atoms with E-state index in [1.165, 1.54) is 0 Å². The molecule has 2 atom stereocenters. The zero-order valence-corrected chi connectivity index (χ0v) is 12.8. The molecule has 0 fully saturated rings. The van der Waals surface area contributed by atoms with Crippen molar-refractivity contribution in [2.75, 3.05) is 7.11 Å². The van der Waals surface area contributed by atoms with Crippen molar-refractivity contribution in [1.29, 1.82) is 0 Å². The van der Waals surface area contributed by atoms with Crippen molar-refractivity contribution in [2.24, 2.45) is 11.7 Å². The number of methoxy groups -OCH3 is 1. The van der Waals surface area contributed by atoms with E-state index in [9.17, 15) is 0 Å². The Morgan fingerprint density at radius 3 is 2.57 bits per heavy atom. The monoisotopic (exact) mass is 289 g/mol. The van der Waals surface area contributed by atoms with Crippen molar-refractivity contribution >= 4 is 0 Å². The normalized spacial score (nSPS) is 14.3. The van der Waals surface area contributed by atoms with Gasteiger partial charge in [0.1, 0.15) is 6.10 Å². The Morgan fingerprint density at radius 2 is 1.95 bits per heavy atom. The predicted molar refractivity (Wildman–Crippen MR) is 80.7 cm³/mol. The molecule has 1 heterocycles. The van der Waals surface area contributed by atoms with Crippen molar-refractivity contribution in [3.05, 3.63) is 47.6 Å². The molecule has 5 heteroatoms. The summed E-state index contributed by atoms with van der Waals surface area (Å²) >= 11 is 0. The number of hydrogen-bond donors (Lipinski definition) is 1. The predicted octanol–water partition coefficient (Wildman–Crippen LogP) is 2.72. The standard InChI is InChI=1S/C16H23N3O2/c1-11(2)9-13(17)10-14-18-16(19-21-14)15(20-3)12-7-5-4-6-8-12/h4-8,11,13,15H,9-10,17H2,1-3H3. The van der Waals surface area contributed by atoms with Gasteiger partial charge in [-0.05, 0) is 17.9 Å². The Kier molecular flexibility index (Phi) is 5.47. The van der Waals surface area contributed by atoms with Crippen LogP contribution in [0.3, 0.4) is 0 Å². The first-order chi connectivity index (χ1) is 10.1. The van der Waals surface area contributed by atoms with E-state index in [-0.39, 0.29) is 12.1 Å². The second kappa shape index (κ2) is 7.33. The maximum atomic E-state index is 6.08. The summed E-state index contributed by atoms with van der Waals surface area (Å²) in [6.45, 7) is 4.30. The van der Waals surface area contributed by atoms with Gasteiger partial charge in [0.25, 0.3) is 0 Å². The van der Waals surface area contributed by atoms with Crippen LogP contribution in [0.5, 0.6) is 0 Å². The fourth-order valence-electron chi connectivity index (χ4n) is 2.39. The molecule has 0 bridgehead atoms. The summed E-state index contributed by atoms with van der Waals surface area (Å²) in [5, 5.41) is 4.03. The summed E-state index contributed by atoms with van der Waals surface area (Å²) in [6.07, 6.45) is 1.21. The highest BCUT2D eigenvalue weighted by atomic mass is 16.5. The average molecular weight is 289 g/mol. The van der Waals surface area contributed by atoms with Gasteiger partial charge in [0.15, 0.2) is 0 Å². The van der Waals surface area contributed by atoms with E-state index in [2.05, 4.69) is 24.0 Å². The third kappa shape index (κ3) is 4.37. The Bertz CT molecular complexity index is 539. The molecule has 0 amide bonds. The zero-order valence-electron chi connectivity index (χ0n) is 12.8. The number of rotatable bonds is 7. The SMILES string of the molecule is COC(c1ccccc1)c1noc(CC(N)CC(C)C)n1. The number of ether oxygens (including phenoxy) is 1. The molecule has 0 spiro atoms. The van der Waals surface area contributed by atoms with Gasteiger partial charge in [-0.15, -0.1) is 0 Å². The molecule has 114 valence electrons. The van der Waals surface area contributed by atoms with Gasteiger partial charge in [-0.3, -0.25) is 0 Å². The topological polar surface area (TPSA) is 74.2 Å². The Hall–Kier alpha value is -1.72. The van der Waals surface area contributed by atoms with E-state index >= 15 is 0 Å². The Balaban J connectivity index is 2.08. The summed E-state index contributed by atoms with van der Waals surface area (Å²) < 4.78 is 10.8. The van der Waals surface area contributed by atoms with Crippen LogP contribution in [0, 0.1) is 5.92 Å². The molecule has 0 radical (unpaired) electrons. The molecule has 0 saturated heterocycles. The van der Waals surface area contributed by atoms with E-state index < -0.39 is 0 Å². The van der Waals surface area contributed by atoms with Gasteiger partial charge in [0.2, 0.25) is 11.7 Å². The van der Waals surface area contributed by atoms with Crippen LogP contribution in [-0.2, 0) is 11.2 Å². The van der Waals surface area contributed by atoms with Crippen LogP contribution in [0.1, 0.15) is 43.7 Å². The molecule has 2 rings (SSSR count). The van der Waals surface area contributed by atoms with Crippen molar-refractivity contribution in [1.82, 2.24) is 10.1 Å². The van der Waals surface area contributed by atoms with Crippen LogP contribution >= 0.6 is 0 Å². The van der Waals surface area contributed by atoms with Crippen LogP contribution in [0.25, 0.3) is 0 Å². The first-order valence-corrected chi connectivity index (χ1v) is 7.26. The van der Waals surface area contributed by atoms with Gasteiger partial charge in [-0.2, -0.15) is 4.98 Å². The van der Waals surface area contributed by atoms with Gasteiger partial charge >= 0.3 is 0 Å². The maximum Gasteiger partial charge on any atom is 0.228 e. The second-order valence-electron chi connectivity index (χ2n) is 5.67. The van der Waals surface area contributed by atoms with E-state index in [4.69, 9.17) is 15.0 Å². The highest BCUT2D eigenvalue weighted by Gasteiger charge is 2.20. The summed E-state index contributed by atoms with van der Waals surface area (Å²) in [7, 11) is 1.64. The number of nitrogens with zero attached hydrogens (tertiary/aromatic N) is 2. The molecule has 1 aromatic carbocycles. The molecule has 0 aliphatic carbocycles. The second-order valence-corrected chi connectivity index (χ2v) is 5.67. The largest absolute Gasteiger partial charge is 0.369 e. The minimum atomic E-state index is -0.315. The van der Waals surface area contributed by atoms with Gasteiger partial charge in [-0.25, -0.2) is 0 Å². The van der Waals surface area contributed by atoms with Gasteiger partial charge in [0, 0.05) is 19.6 Å². The molecule has 0 saturated carbocycles. The quantitative estimate of drug-likeness (QED) is 0.848. The summed E-state index contributed by atoms with van der Waals surface area (Å²) in [6, 6.07) is 9.88. The molecule has 0 aliphatic heterocycles. The smallest absolute Gasteiger partial charge is 0.228 e. The third-order valence-corrected chi connectivity index (χ3v) is 3.27. The Labute approximate surface area is 125 Å². The molecule has 21 heavy (non-hydrogen) atoms. The van der Waals surface area contributed by atoms with Crippen molar-refractivity contribution < 1.29 is 9.26 Å². The summed E-state index contributed by atoms with van der Waals surface area (Å²) in [5.41, 5.74) is 7.08. The fraction of sp³-hybridized carbons (Fsp3) is 0.500. The van der Waals surface area contributed by atoms with E-state index in [0.717, 1.165) is 12.0 Å². The lowest BCUT2D eigenvalue weighted by Crippen LogP contribution is -2.24. The Morgan fingerprint density at radius 1 is 1.24 bits per heavy atom. The third-order valence-electron chi connectivity index (χ3n) is 3.27. The molecule has 2 N–H and O–H groups in total. The molecular weight excluding hydrogens is 266 g/mol. The molecule has 2 unspecified atom stereocenters. The van der Waals surface area contributed by atoms with E-state index in [1.54, 1.807) is 7.11 Å². The summed E-state index contributed by atoms with van der Waals surface area (Å²) in [5.74, 6) is 1.66. The van der Waals surface area contributed by atoms with Crippen LogP contribution in [0.4, 0.5) is 0 Å². The van der Waals surface area contributed by atoms with E-state index in [1.807, 2.05) is 30.3 Å². The van der Waals surface area contributed by atoms with Crippen LogP contribution in [0.15, 0.2) is 34.9 Å². The lowest BCUT2D eigenvalue weighted by atomic mass is 10.0. The van der Waals surface area contributed by atoms with Crippen molar-refractivity contribution in [3.8, 4) is 0 Å². The number of nitrogens with two attached hydrogens (primary N) is 1. The number of hydrogen-bond acceptors (Lipinski definition) is 5. The lowest BCUT2D eigenvalue weighted by molar-refractivity contribution is 0.126. The van der Waals surface area contributed by atoms with Crippen molar-refractivity contribution in [3.63, 3.8) is 0 Å². The lowest BCUT2D eigenvalue weighted by Gasteiger charge is -2.11. The first-order valence-electron chi connectivity index (χ1n) is 7.26. The molecule has 5 nitrogen and oxygen atoms in total. The first kappa shape index (κ1) is 15.7. The van der Waals surface area contributed by atoms with Crippen molar-refractivity contribution in [2.45, 2.75) is 38.8 Å². The zero-order chi connectivity index (χ0) is 15.2. The van der Waals surface area contributed by atoms with Gasteiger partial charge in [-0.1, -0.05) is 49.3 Å². The average Bonchev–Trinajstić information content (AvgIpc) is 2.88. The molecular formula is C16H23N3O2. The minimum Gasteiger partial charge on any atom is -0.369 e. The maximum absolute atomic E-state index is 6.08. The molecule has 2 aromatic rings. The molecule has 1 aromatic heterocycles. The summed E-state index contributed by atoms with van der Waals surface area (Å²) in [4.78, 5) is 4.42. The highest BCUT2D eigenvalue weighted by molar-refractivity contribution is 5.22. The fourth-order valence-corrected chi connectivity index (χ4v) is 2.39. The van der Waals surface area contributed by atoms with Gasteiger partial charge in [0.05, 0.1) is 0 Å². The highest BCUT2D eigenvalue weighted by Crippen LogP contribution is 2.23. The molecule has 0 aliphatic rings. The van der Waals surface area contributed by atoms with Crippen LogP contribution in [-0.4, -0.2) is 23.3 Å².